The van der Waals surface area contributed by atoms with E-state index in [1.807, 2.05) is 0 Å². The van der Waals surface area contributed by atoms with Crippen molar-refractivity contribution in [3.05, 3.63) is 5.53 Å². The second-order valence-corrected chi connectivity index (χ2v) is 2.09. The minimum absolute atomic E-state index is 2.12. The molecule has 0 bridgehead atoms. The fraction of sp³-hybridized carbons (Fsp3) is 0.667. The largest absolute Gasteiger partial charge is 0.438 e. The molecule has 2 nitrogen and oxygen atoms in total. The molecule has 0 aliphatic rings. The highest BCUT2D eigenvalue weighted by Crippen LogP contribution is 2.18. The topological polar surface area (TPSA) is 36.4 Å². The van der Waals surface area contributed by atoms with Gasteiger partial charge in [0.15, 0.2) is 0 Å². The van der Waals surface area contributed by atoms with Crippen molar-refractivity contribution in [1.29, 1.82) is 0 Å². The molecule has 0 heterocycles. The molecule has 13 heavy (non-hydrogen) atoms. The summed E-state index contributed by atoms with van der Waals surface area (Å²) >= 11 is 4.25. The van der Waals surface area contributed by atoms with Gasteiger partial charge in [0.1, 0.15) is 0 Å². The van der Waals surface area contributed by atoms with Gasteiger partial charge in [-0.2, -0.15) is 31.1 Å². The third-order valence-electron chi connectivity index (χ3n) is 0. The number of hydrogen-bond donors (Lipinski definition) is 2. The van der Waals surface area contributed by atoms with Crippen molar-refractivity contribution in [1.82, 2.24) is 0 Å². The summed E-state index contributed by atoms with van der Waals surface area (Å²) in [7, 11) is 0. The van der Waals surface area contributed by atoms with Crippen molar-refractivity contribution in [3.63, 3.8) is 0 Å². The lowest BCUT2D eigenvalue weighted by Gasteiger charge is -1.87. The van der Waals surface area contributed by atoms with Crippen LogP contribution in [0.5, 0.6) is 0 Å². The van der Waals surface area contributed by atoms with Crippen LogP contribution < -0.4 is 0 Å². The highest BCUT2D eigenvalue weighted by molar-refractivity contribution is 7.81. The first-order valence-electron chi connectivity index (χ1n) is 2.10. The van der Waals surface area contributed by atoms with Crippen LogP contribution in [0.3, 0.4) is 0 Å². The van der Waals surface area contributed by atoms with Crippen LogP contribution in [0.1, 0.15) is 0 Å². The second kappa shape index (κ2) is 8.27. The van der Waals surface area contributed by atoms with Gasteiger partial charge in [0.2, 0.25) is 6.72 Å². The lowest BCUT2D eigenvalue weighted by atomic mass is 11.6. The van der Waals surface area contributed by atoms with Gasteiger partial charge < -0.3 is 5.53 Å². The van der Waals surface area contributed by atoms with Crippen LogP contribution in [0, 0.1) is 0 Å². The third kappa shape index (κ3) is 9410. The zero-order valence-corrected chi connectivity index (χ0v) is 7.55. The Hall–Kier alpha value is -0.340. The molecule has 0 saturated carbocycles. The molecular weight excluding hydrogens is 242 g/mol. The van der Waals surface area contributed by atoms with Crippen LogP contribution in [0.4, 0.5) is 26.3 Å². The van der Waals surface area contributed by atoms with E-state index in [0.717, 1.165) is 0 Å². The molecule has 0 atom stereocenters. The Balaban J connectivity index is -0.000000120. The van der Waals surface area contributed by atoms with Gasteiger partial charge in [0, 0.05) is 0 Å². The van der Waals surface area contributed by atoms with Gasteiger partial charge in [-0.1, -0.05) is 25.3 Å². The van der Waals surface area contributed by atoms with E-state index in [4.69, 9.17) is 5.53 Å². The van der Waals surface area contributed by atoms with Crippen molar-refractivity contribution in [2.24, 2.45) is 0 Å². The zero-order valence-electron chi connectivity index (χ0n) is 5.76. The van der Waals surface area contributed by atoms with Crippen molar-refractivity contribution in [3.8, 4) is 0 Å². The maximum Gasteiger partial charge on any atom is 0.438 e. The number of nitrogens with zero attached hydrogens (tertiary/aromatic N) is 2. The van der Waals surface area contributed by atoms with E-state index in [-0.39, 0.29) is 0 Å². The Morgan fingerprint density at radius 3 is 0.923 bits per heavy atom. The molecule has 0 radical (unpaired) electrons. The molecule has 10 heteroatoms. The van der Waals surface area contributed by atoms with Crippen LogP contribution in [0.15, 0.2) is 0 Å². The first-order valence-corrected chi connectivity index (χ1v) is 2.99. The summed E-state index contributed by atoms with van der Waals surface area (Å²) in [4.78, 5) is 2.25. The van der Waals surface area contributed by atoms with Crippen molar-refractivity contribution in [2.75, 3.05) is 0 Å². The molecule has 0 aliphatic carbocycles. The maximum atomic E-state index is 10.2. The summed E-state index contributed by atoms with van der Waals surface area (Å²) in [6.45, 7) is 2.67. The quantitative estimate of drug-likeness (QED) is 0.217. The van der Waals surface area contributed by atoms with E-state index in [2.05, 4.69) is 36.8 Å². The predicted molar refractivity (Wildman–Crippen MR) is 40.8 cm³/mol. The Bertz CT molecular complexity index is 121. The Morgan fingerprint density at radius 2 is 0.923 bits per heavy atom. The minimum atomic E-state index is -4.31. The number of hydrogen-bond acceptors (Lipinski definition) is 2. The first kappa shape index (κ1) is 18.4. The van der Waals surface area contributed by atoms with Gasteiger partial charge in [-0.3, -0.25) is 0 Å². The molecule has 0 aromatic rings. The molecule has 0 fully saturated rings. The SMILES string of the molecule is C=[N+]=[N-].FC(F)(F)S.FC(F)(F)S. The molecule has 0 aromatic heterocycles. The van der Waals surface area contributed by atoms with Gasteiger partial charge in [-0.05, 0) is 0 Å². The molecule has 0 spiro atoms. The monoisotopic (exact) mass is 246 g/mol. The Morgan fingerprint density at radius 1 is 0.923 bits per heavy atom. The van der Waals surface area contributed by atoms with Gasteiger partial charge in [0.05, 0.1) is 0 Å². The van der Waals surface area contributed by atoms with E-state index in [1.54, 1.807) is 0 Å². The molecule has 0 amide bonds. The van der Waals surface area contributed by atoms with E-state index in [1.165, 1.54) is 0 Å². The summed E-state index contributed by atoms with van der Waals surface area (Å²) in [6.07, 6.45) is 0. The van der Waals surface area contributed by atoms with Crippen LogP contribution in [-0.2, 0) is 0 Å². The van der Waals surface area contributed by atoms with Gasteiger partial charge in [0.25, 0.3) is 0 Å². The Labute approximate surface area is 80.4 Å². The summed E-state index contributed by atoms with van der Waals surface area (Å²) < 4.78 is 61.3. The van der Waals surface area contributed by atoms with E-state index < -0.39 is 11.0 Å². The molecule has 0 saturated heterocycles. The van der Waals surface area contributed by atoms with Crippen molar-refractivity contribution >= 4 is 32.0 Å². The standard InChI is InChI=1S/2CHF3S.CH2N2/c2*2-1(3,4)5;1-3-2/h2*5H;1H2. The number of alkyl halides is 6. The zero-order chi connectivity index (χ0) is 11.7. The second-order valence-electron chi connectivity index (χ2n) is 1.08. The normalized spacial score (nSPS) is 9.85. The van der Waals surface area contributed by atoms with Crippen molar-refractivity contribution in [2.45, 2.75) is 11.0 Å². The molecule has 0 unspecified atom stereocenters. The van der Waals surface area contributed by atoms with Gasteiger partial charge in [-0.15, -0.1) is 0 Å². The summed E-state index contributed by atoms with van der Waals surface area (Å²) in [6, 6.07) is 0. The first-order chi connectivity index (χ1) is 5.41. The summed E-state index contributed by atoms with van der Waals surface area (Å²) in [5.74, 6) is 0. The minimum Gasteiger partial charge on any atom is -0.362 e. The van der Waals surface area contributed by atoms with E-state index in [0.29, 0.717) is 0 Å². The molecular formula is C3H4F6N2S2. The molecule has 0 rings (SSSR count). The van der Waals surface area contributed by atoms with Crippen LogP contribution in [0.2, 0.25) is 0 Å². The molecule has 0 aromatic carbocycles. The predicted octanol–water partition coefficient (Wildman–Crippen LogP) is 2.79. The van der Waals surface area contributed by atoms with E-state index >= 15 is 0 Å². The Kier molecular flexibility index (Phi) is 11.7. The van der Waals surface area contributed by atoms with Crippen LogP contribution >= 0.6 is 25.3 Å². The highest BCUT2D eigenvalue weighted by Gasteiger charge is 2.18. The summed E-state index contributed by atoms with van der Waals surface area (Å²) in [5.41, 5.74) is -1.53. The average Bonchev–Trinajstić information content (AvgIpc) is 1.52. The smallest absolute Gasteiger partial charge is 0.362 e. The third-order valence-corrected chi connectivity index (χ3v) is 0. The number of halogens is 6. The van der Waals surface area contributed by atoms with Gasteiger partial charge >= 0.3 is 11.0 Å². The van der Waals surface area contributed by atoms with Gasteiger partial charge in [-0.25, -0.2) is 0 Å². The molecule has 80 valence electrons. The number of thiol groups is 2. The lowest BCUT2D eigenvalue weighted by Crippen LogP contribution is -1.89. The van der Waals surface area contributed by atoms with Crippen molar-refractivity contribution < 1.29 is 31.1 Å². The maximum absolute atomic E-state index is 10.2. The highest BCUT2D eigenvalue weighted by atomic mass is 32.1. The number of rotatable bonds is 0. The average molecular weight is 246 g/mol. The fourth-order valence-electron chi connectivity index (χ4n) is 0. The van der Waals surface area contributed by atoms with Crippen LogP contribution in [-0.4, -0.2) is 22.5 Å². The fourth-order valence-corrected chi connectivity index (χ4v) is 0. The molecule has 0 aliphatic heterocycles. The molecule has 0 N–H and O–H groups in total. The summed E-state index contributed by atoms with van der Waals surface area (Å²) in [5, 5.41) is 0. The lowest BCUT2D eigenvalue weighted by molar-refractivity contribution is -0.0313. The van der Waals surface area contributed by atoms with Crippen LogP contribution in [0.25, 0.3) is 5.53 Å². The van der Waals surface area contributed by atoms with E-state index in [9.17, 15) is 26.3 Å².